The first-order chi connectivity index (χ1) is 10.1. The number of halogens is 2. The van der Waals surface area contributed by atoms with Crippen LogP contribution in [0.1, 0.15) is 12.5 Å². The first kappa shape index (κ1) is 16.2. The molecule has 3 nitrogen and oxygen atoms in total. The Morgan fingerprint density at radius 1 is 1.05 bits per heavy atom. The summed E-state index contributed by atoms with van der Waals surface area (Å²) in [7, 11) is 1.65. The van der Waals surface area contributed by atoms with Gasteiger partial charge in [0.25, 0.3) is 0 Å². The van der Waals surface area contributed by atoms with Crippen LogP contribution in [0.2, 0.25) is 0 Å². The van der Waals surface area contributed by atoms with Gasteiger partial charge in [-0.25, -0.2) is 0 Å². The summed E-state index contributed by atoms with van der Waals surface area (Å²) in [6.07, 6.45) is 0. The van der Waals surface area contributed by atoms with E-state index < -0.39 is 0 Å². The molecule has 2 aromatic carbocycles. The third-order valence-corrected chi connectivity index (χ3v) is 4.09. The summed E-state index contributed by atoms with van der Waals surface area (Å²) in [5.74, 6) is 1.53. The van der Waals surface area contributed by atoms with Crippen LogP contribution in [0, 0.1) is 0 Å². The molecule has 0 aliphatic carbocycles. The normalized spacial score (nSPS) is 10.3. The van der Waals surface area contributed by atoms with Gasteiger partial charge in [-0.2, -0.15) is 0 Å². The zero-order valence-electron chi connectivity index (χ0n) is 12.0. The maximum Gasteiger partial charge on any atom is 0.161 e. The molecule has 2 aromatic rings. The lowest BCUT2D eigenvalue weighted by Crippen LogP contribution is -2.01. The minimum absolute atomic E-state index is 0.625. The van der Waals surface area contributed by atoms with Crippen LogP contribution in [0.4, 0.5) is 5.69 Å². The summed E-state index contributed by atoms with van der Waals surface area (Å²) in [5, 5.41) is 3.40. The van der Waals surface area contributed by atoms with E-state index in [4.69, 9.17) is 9.47 Å². The number of benzene rings is 2. The minimum atomic E-state index is 0.625. The Labute approximate surface area is 141 Å². The van der Waals surface area contributed by atoms with Gasteiger partial charge in [0.05, 0.1) is 13.7 Å². The Morgan fingerprint density at radius 2 is 1.86 bits per heavy atom. The van der Waals surface area contributed by atoms with Gasteiger partial charge in [0.1, 0.15) is 0 Å². The molecule has 0 saturated carbocycles. The van der Waals surface area contributed by atoms with Crippen LogP contribution in [0.25, 0.3) is 0 Å². The van der Waals surface area contributed by atoms with E-state index in [9.17, 15) is 0 Å². The fourth-order valence-electron chi connectivity index (χ4n) is 1.93. The molecule has 0 unspecified atom stereocenters. The summed E-state index contributed by atoms with van der Waals surface area (Å²) >= 11 is 6.99. The van der Waals surface area contributed by atoms with E-state index in [1.165, 1.54) is 0 Å². The smallest absolute Gasteiger partial charge is 0.161 e. The van der Waals surface area contributed by atoms with E-state index in [0.717, 1.165) is 31.7 Å². The highest BCUT2D eigenvalue weighted by Crippen LogP contribution is 2.30. The van der Waals surface area contributed by atoms with E-state index in [0.29, 0.717) is 13.2 Å². The number of nitrogens with one attached hydrogen (secondary N) is 1. The Morgan fingerprint density at radius 3 is 2.52 bits per heavy atom. The Balaban J connectivity index is 2.09. The number of ether oxygens (including phenoxy) is 2. The highest BCUT2D eigenvalue weighted by atomic mass is 79.9. The van der Waals surface area contributed by atoms with E-state index in [-0.39, 0.29) is 0 Å². The van der Waals surface area contributed by atoms with Crippen molar-refractivity contribution in [1.29, 1.82) is 0 Å². The van der Waals surface area contributed by atoms with Gasteiger partial charge in [-0.05, 0) is 58.7 Å². The van der Waals surface area contributed by atoms with Crippen LogP contribution in [-0.4, -0.2) is 13.7 Å². The number of anilines is 1. The molecule has 0 radical (unpaired) electrons. The van der Waals surface area contributed by atoms with Crippen LogP contribution in [0.15, 0.2) is 45.3 Å². The highest BCUT2D eigenvalue weighted by molar-refractivity contribution is 9.11. The van der Waals surface area contributed by atoms with E-state index in [2.05, 4.69) is 37.2 Å². The molecule has 0 heterocycles. The van der Waals surface area contributed by atoms with Crippen LogP contribution in [-0.2, 0) is 6.54 Å². The fourth-order valence-corrected chi connectivity index (χ4v) is 3.11. The average molecular weight is 415 g/mol. The van der Waals surface area contributed by atoms with Crippen LogP contribution >= 0.6 is 31.9 Å². The Kier molecular flexibility index (Phi) is 5.94. The summed E-state index contributed by atoms with van der Waals surface area (Å²) in [4.78, 5) is 0. The lowest BCUT2D eigenvalue weighted by molar-refractivity contribution is 0.310. The standard InChI is InChI=1S/C16H17Br2NO2/c1-3-21-15-7-4-11(8-16(15)20-2)10-19-14-6-5-12(17)9-13(14)18/h4-9,19H,3,10H2,1-2H3. The number of methoxy groups -OCH3 is 1. The third-order valence-electron chi connectivity index (χ3n) is 2.94. The van der Waals surface area contributed by atoms with Crippen molar-refractivity contribution in [3.8, 4) is 11.5 Å². The molecule has 0 spiro atoms. The Hall–Kier alpha value is -1.20. The van der Waals surface area contributed by atoms with Gasteiger partial charge in [-0.15, -0.1) is 0 Å². The second-order valence-electron chi connectivity index (χ2n) is 4.40. The van der Waals surface area contributed by atoms with E-state index in [1.54, 1.807) is 7.11 Å². The summed E-state index contributed by atoms with van der Waals surface area (Å²) in [5.41, 5.74) is 2.18. The van der Waals surface area contributed by atoms with Crippen molar-refractivity contribution < 1.29 is 9.47 Å². The van der Waals surface area contributed by atoms with Gasteiger partial charge < -0.3 is 14.8 Å². The Bertz CT molecular complexity index is 617. The molecule has 1 N–H and O–H groups in total. The van der Waals surface area contributed by atoms with E-state index in [1.807, 2.05) is 43.3 Å². The highest BCUT2D eigenvalue weighted by Gasteiger charge is 2.06. The van der Waals surface area contributed by atoms with Crippen molar-refractivity contribution in [2.24, 2.45) is 0 Å². The minimum Gasteiger partial charge on any atom is -0.493 e. The maximum atomic E-state index is 5.52. The third kappa shape index (κ3) is 4.38. The van der Waals surface area contributed by atoms with Gasteiger partial charge in [0.2, 0.25) is 0 Å². The lowest BCUT2D eigenvalue weighted by atomic mass is 10.2. The molecular formula is C16H17Br2NO2. The summed E-state index contributed by atoms with van der Waals surface area (Å²) in [6.45, 7) is 3.29. The lowest BCUT2D eigenvalue weighted by Gasteiger charge is -2.13. The monoisotopic (exact) mass is 413 g/mol. The number of rotatable bonds is 6. The maximum absolute atomic E-state index is 5.52. The van der Waals surface area contributed by atoms with Gasteiger partial charge in [-0.3, -0.25) is 0 Å². The van der Waals surface area contributed by atoms with Crippen LogP contribution in [0.5, 0.6) is 11.5 Å². The molecular weight excluding hydrogens is 398 g/mol. The molecule has 0 amide bonds. The topological polar surface area (TPSA) is 30.5 Å². The predicted octanol–water partition coefficient (Wildman–Crippen LogP) is 5.23. The molecule has 0 aromatic heterocycles. The van der Waals surface area contributed by atoms with Crippen molar-refractivity contribution in [3.63, 3.8) is 0 Å². The van der Waals surface area contributed by atoms with Gasteiger partial charge >= 0.3 is 0 Å². The summed E-state index contributed by atoms with van der Waals surface area (Å²) < 4.78 is 12.9. The number of hydrogen-bond donors (Lipinski definition) is 1. The molecule has 21 heavy (non-hydrogen) atoms. The van der Waals surface area contributed by atoms with Gasteiger partial charge in [-0.1, -0.05) is 22.0 Å². The molecule has 0 bridgehead atoms. The molecule has 0 aliphatic heterocycles. The first-order valence-electron chi connectivity index (χ1n) is 6.62. The SMILES string of the molecule is CCOc1ccc(CNc2ccc(Br)cc2Br)cc1OC. The molecule has 112 valence electrons. The first-order valence-corrected chi connectivity index (χ1v) is 8.21. The van der Waals surface area contributed by atoms with Gasteiger partial charge in [0, 0.05) is 21.2 Å². The number of hydrogen-bond acceptors (Lipinski definition) is 3. The molecule has 5 heteroatoms. The zero-order valence-corrected chi connectivity index (χ0v) is 15.1. The second kappa shape index (κ2) is 7.71. The molecule has 0 atom stereocenters. The molecule has 0 fully saturated rings. The second-order valence-corrected chi connectivity index (χ2v) is 6.17. The van der Waals surface area contributed by atoms with Crippen LogP contribution in [0.3, 0.4) is 0 Å². The van der Waals surface area contributed by atoms with Crippen molar-refractivity contribution in [2.75, 3.05) is 19.0 Å². The molecule has 0 saturated heterocycles. The van der Waals surface area contributed by atoms with Crippen molar-refractivity contribution >= 4 is 37.5 Å². The van der Waals surface area contributed by atoms with Gasteiger partial charge in [0.15, 0.2) is 11.5 Å². The zero-order chi connectivity index (χ0) is 15.2. The van der Waals surface area contributed by atoms with Crippen molar-refractivity contribution in [1.82, 2.24) is 0 Å². The largest absolute Gasteiger partial charge is 0.493 e. The molecule has 0 aliphatic rings. The van der Waals surface area contributed by atoms with Crippen LogP contribution < -0.4 is 14.8 Å². The molecule has 2 rings (SSSR count). The van der Waals surface area contributed by atoms with Crippen molar-refractivity contribution in [2.45, 2.75) is 13.5 Å². The quantitative estimate of drug-likeness (QED) is 0.701. The average Bonchev–Trinajstić information content (AvgIpc) is 2.47. The van der Waals surface area contributed by atoms with E-state index >= 15 is 0 Å². The predicted molar refractivity (Wildman–Crippen MR) is 93.3 cm³/mol. The van der Waals surface area contributed by atoms with Crippen molar-refractivity contribution in [3.05, 3.63) is 50.9 Å². The summed E-state index contributed by atoms with van der Waals surface area (Å²) in [6, 6.07) is 12.0. The fraction of sp³-hybridized carbons (Fsp3) is 0.250.